The third-order valence-electron chi connectivity index (χ3n) is 22.8. The third kappa shape index (κ3) is 27.4. The molecule has 0 bridgehead atoms. The van der Waals surface area contributed by atoms with E-state index < -0.39 is 0 Å². The van der Waals surface area contributed by atoms with E-state index in [1.165, 1.54) is 195 Å². The normalized spacial score (nSPS) is 10.6. The molecule has 10 aromatic rings. The Morgan fingerprint density at radius 1 is 0.178 bits per heavy atom. The highest BCUT2D eigenvalue weighted by Gasteiger charge is 2.19. The molecule has 0 saturated carbocycles. The van der Waals surface area contributed by atoms with Gasteiger partial charge in [-0.3, -0.25) is 0 Å². The van der Waals surface area contributed by atoms with Crippen molar-refractivity contribution in [2.75, 3.05) is 0 Å². The van der Waals surface area contributed by atoms with Gasteiger partial charge in [-0.15, -0.1) is 22.7 Å². The molecule has 0 nitrogen and oxygen atoms in total. The maximum absolute atomic E-state index is 3.83. The molecule has 2 heterocycles. The molecule has 0 aliphatic carbocycles. The van der Waals surface area contributed by atoms with Crippen LogP contribution in [0.4, 0.5) is 0 Å². The smallest absolute Gasteiger partial charge is 0.0792 e. The Balaban J connectivity index is 1.07. The summed E-state index contributed by atoms with van der Waals surface area (Å²) in [5.41, 5.74) is 29.4. The van der Waals surface area contributed by atoms with E-state index >= 15 is 0 Å². The zero-order valence-corrected chi connectivity index (χ0v) is 75.1. The fourth-order valence-corrected chi connectivity index (χ4v) is 17.4. The van der Waals surface area contributed by atoms with Crippen LogP contribution in [-0.4, -0.2) is 0 Å². The van der Waals surface area contributed by atoms with Gasteiger partial charge in [-0.1, -0.05) is 329 Å². The van der Waals surface area contributed by atoms with Crippen molar-refractivity contribution in [3.05, 3.63) is 312 Å². The molecule has 10 rings (SSSR count). The Kier molecular flexibility index (Phi) is 37.5. The lowest BCUT2D eigenvalue weighted by atomic mass is 9.95. The van der Waals surface area contributed by atoms with Gasteiger partial charge in [0.2, 0.25) is 0 Å². The molecule has 0 aliphatic heterocycles. The van der Waals surface area contributed by atoms with Crippen LogP contribution in [0.1, 0.15) is 366 Å². The maximum Gasteiger partial charge on any atom is 0.0792 e. The van der Waals surface area contributed by atoms with Crippen LogP contribution in [-0.2, 0) is 77.0 Å². The number of aryl methyl sites for hydroxylation is 12. The van der Waals surface area contributed by atoms with Gasteiger partial charge in [-0.05, 0) is 279 Å². The van der Waals surface area contributed by atoms with Crippen LogP contribution in [0.25, 0.3) is 9.75 Å². The number of unbranched alkanes of at least 4 members (excludes halogenated alkanes) is 16. The van der Waals surface area contributed by atoms with Gasteiger partial charge in [0, 0.05) is 77.9 Å². The van der Waals surface area contributed by atoms with Gasteiger partial charge < -0.3 is 0 Å². The topological polar surface area (TPSA) is 0 Å². The average Bonchev–Trinajstić information content (AvgIpc) is 1.65. The largest absolute Gasteiger partial charge is 0.124 e. The molecule has 602 valence electrons. The van der Waals surface area contributed by atoms with E-state index in [0.29, 0.717) is 0 Å². The molecule has 0 amide bonds. The summed E-state index contributed by atoms with van der Waals surface area (Å²) in [5, 5.41) is 0. The monoisotopic (exact) mass is 1580 g/mol. The van der Waals surface area contributed by atoms with Crippen molar-refractivity contribution >= 4 is 22.7 Å². The van der Waals surface area contributed by atoms with E-state index in [4.69, 9.17) is 0 Å². The first-order valence-electron chi connectivity index (χ1n) is 45.4. The molecule has 0 N–H and O–H groups in total. The molecule has 0 unspecified atom stereocenters. The van der Waals surface area contributed by atoms with E-state index in [0.717, 1.165) is 174 Å². The Hall–Kier alpha value is -10.4. The van der Waals surface area contributed by atoms with Crippen LogP contribution in [0.5, 0.6) is 0 Å². The Labute approximate surface area is 722 Å². The van der Waals surface area contributed by atoms with Crippen LogP contribution in [0.15, 0.2) is 158 Å². The first-order valence-corrected chi connectivity index (χ1v) is 47.0. The van der Waals surface area contributed by atoms with E-state index in [-0.39, 0.29) is 0 Å². The molecule has 118 heavy (non-hydrogen) atoms. The summed E-state index contributed by atoms with van der Waals surface area (Å²) in [4.78, 5) is 3.93. The van der Waals surface area contributed by atoms with E-state index in [2.05, 4.69) is 336 Å². The van der Waals surface area contributed by atoms with Crippen LogP contribution < -0.4 is 0 Å². The molecule has 0 saturated heterocycles. The van der Waals surface area contributed by atoms with Gasteiger partial charge in [0.05, 0.1) is 19.5 Å². The molecule has 0 radical (unpaired) electrons. The summed E-state index contributed by atoms with van der Waals surface area (Å²) < 4.78 is 0. The average molecular weight is 1580 g/mol. The van der Waals surface area contributed by atoms with Gasteiger partial charge in [-0.25, -0.2) is 0 Å². The zero-order valence-electron chi connectivity index (χ0n) is 73.5. The fraction of sp³-hybridized carbons (Fsp3) is 0.379. The van der Waals surface area contributed by atoms with Gasteiger partial charge in [0.15, 0.2) is 0 Å². The van der Waals surface area contributed by atoms with E-state index in [1.807, 2.05) is 0 Å². The molecule has 0 atom stereocenters. The lowest BCUT2D eigenvalue weighted by Gasteiger charge is -2.08. The van der Waals surface area contributed by atoms with Crippen molar-refractivity contribution in [3.8, 4) is 104 Å². The highest BCUT2D eigenvalue weighted by molar-refractivity contribution is 7.23. The molecular formula is C116H126S2. The summed E-state index contributed by atoms with van der Waals surface area (Å²) >= 11 is 3.40. The zero-order chi connectivity index (χ0) is 83.1. The minimum absolute atomic E-state index is 0.815. The predicted molar refractivity (Wildman–Crippen MR) is 512 cm³/mol. The van der Waals surface area contributed by atoms with Crippen molar-refractivity contribution in [3.63, 3.8) is 0 Å². The Bertz CT molecular complexity index is 5150. The van der Waals surface area contributed by atoms with Gasteiger partial charge in [-0.2, -0.15) is 0 Å². The number of benzene rings is 8. The molecular weight excluding hydrogens is 1460 g/mol. The number of rotatable bonds is 33. The lowest BCUT2D eigenvalue weighted by Crippen LogP contribution is -1.96. The van der Waals surface area contributed by atoms with Crippen molar-refractivity contribution < 1.29 is 0 Å². The van der Waals surface area contributed by atoms with Gasteiger partial charge >= 0.3 is 0 Å². The number of thiophene rings is 2. The van der Waals surface area contributed by atoms with Crippen molar-refractivity contribution in [2.45, 2.75) is 289 Å². The molecule has 0 fully saturated rings. The van der Waals surface area contributed by atoms with Gasteiger partial charge in [0.1, 0.15) is 0 Å². The molecule has 0 spiro atoms. The van der Waals surface area contributed by atoms with Crippen LogP contribution >= 0.6 is 22.7 Å². The number of hydrogen-bond acceptors (Lipinski definition) is 2. The van der Waals surface area contributed by atoms with Crippen LogP contribution in [0.2, 0.25) is 0 Å². The first-order chi connectivity index (χ1) is 57.9. The van der Waals surface area contributed by atoms with E-state index in [1.54, 1.807) is 22.7 Å². The van der Waals surface area contributed by atoms with E-state index in [9.17, 15) is 0 Å². The minimum atomic E-state index is 0.815. The van der Waals surface area contributed by atoms with Crippen molar-refractivity contribution in [2.24, 2.45) is 0 Å². The summed E-state index contributed by atoms with van der Waals surface area (Å²) in [6, 6.07) is 58.4. The quantitative estimate of drug-likeness (QED) is 0.0284. The number of hydrogen-bond donors (Lipinski definition) is 0. The standard InChI is InChI=1S/C116H126S2/c1-13-25-29-33-37-41-87-45-53-91(54-46-87)61-65-103-77-99(21-9)107(81-95(103)17-5)69-71-111-85-113(75-73-109-83-97(19-7)105(79-101(109)23-11)67-63-93-57-49-89(50-58-93)43-39-35-31-27-15-3)117-115(111)116-112(72-70-108-82-96(18-6)104(78-100(108)22-10)66-62-92-55-47-88(48-56-92)42-38-34-30-26-14-2)86-114(118-116)76-74-110-84-98(20-8)106(80-102(110)24-12)68-64-94-59-51-90(52-60-94)44-40-36-32-28-16-4/h45-60,77-86H,13-44H2,1-12H3. The van der Waals surface area contributed by atoms with Crippen molar-refractivity contribution in [1.29, 1.82) is 0 Å². The Morgan fingerprint density at radius 3 is 0.551 bits per heavy atom. The minimum Gasteiger partial charge on any atom is -0.124 e. The first kappa shape index (κ1) is 90.0. The second-order valence-electron chi connectivity index (χ2n) is 31.6. The van der Waals surface area contributed by atoms with Crippen LogP contribution in [0, 0.1) is 94.7 Å². The lowest BCUT2D eigenvalue weighted by molar-refractivity contribution is 0.632. The van der Waals surface area contributed by atoms with Crippen molar-refractivity contribution in [1.82, 2.24) is 0 Å². The summed E-state index contributed by atoms with van der Waals surface area (Å²) in [7, 11) is 0. The second-order valence-corrected chi connectivity index (χ2v) is 33.8. The Morgan fingerprint density at radius 2 is 0.356 bits per heavy atom. The molecule has 2 heteroatoms. The SMILES string of the molecule is CCCCCCCc1ccc(C#Cc2cc(CC)c(C#Cc3cc(C#Cc4cc(CC)c(C#Cc5ccc(CCCCCCC)cc5)cc4CC)c(-c4sc(C#Cc5cc(CC)c(C#Cc6ccc(CCCCCCC)cc6)cc5CC)cc4C#Cc4cc(CC)c(C#Cc5ccc(CCCCCCC)cc5)cc4CC)s3)cc2CC)cc1. The van der Waals surface area contributed by atoms with Gasteiger partial charge in [0.25, 0.3) is 0 Å². The summed E-state index contributed by atoms with van der Waals surface area (Å²) in [6.07, 6.45) is 36.8. The second kappa shape index (κ2) is 49.1. The summed E-state index contributed by atoms with van der Waals surface area (Å²) in [6.45, 7) is 26.9. The molecule has 0 aliphatic rings. The summed E-state index contributed by atoms with van der Waals surface area (Å²) in [5.74, 6) is 58.8. The predicted octanol–water partition coefficient (Wildman–Crippen LogP) is 29.2. The molecule has 2 aromatic heterocycles. The molecule has 8 aromatic carbocycles. The highest BCUT2D eigenvalue weighted by atomic mass is 32.1. The van der Waals surface area contributed by atoms with Crippen LogP contribution in [0.3, 0.4) is 0 Å². The maximum atomic E-state index is 3.83. The highest BCUT2D eigenvalue weighted by Crippen LogP contribution is 2.40. The fourth-order valence-electron chi connectivity index (χ4n) is 15.3. The third-order valence-corrected chi connectivity index (χ3v) is 25.1.